The number of ether oxygens (including phenoxy) is 1. The second-order valence-corrected chi connectivity index (χ2v) is 9.54. The number of hydrogen-bond donors (Lipinski definition) is 1. The third-order valence-electron chi connectivity index (χ3n) is 5.98. The summed E-state index contributed by atoms with van der Waals surface area (Å²) in [6.45, 7) is 2.74. The number of H-pyrrole nitrogens is 1. The van der Waals surface area contributed by atoms with Gasteiger partial charge in [-0.3, -0.25) is 4.79 Å². The van der Waals surface area contributed by atoms with Crippen LogP contribution < -0.4 is 10.3 Å². The lowest BCUT2D eigenvalue weighted by Gasteiger charge is -2.17. The molecule has 1 aliphatic rings. The van der Waals surface area contributed by atoms with E-state index in [9.17, 15) is 10.1 Å². The maximum absolute atomic E-state index is 12.9. The lowest BCUT2D eigenvalue weighted by molar-refractivity contribution is 0.306. The maximum atomic E-state index is 12.9. The van der Waals surface area contributed by atoms with Crippen molar-refractivity contribution in [2.75, 3.05) is 0 Å². The molecule has 1 N–H and O–H groups in total. The highest BCUT2D eigenvalue weighted by molar-refractivity contribution is 7.18. The van der Waals surface area contributed by atoms with E-state index in [-0.39, 0.29) is 5.56 Å². The van der Waals surface area contributed by atoms with E-state index in [1.807, 2.05) is 54.6 Å². The van der Waals surface area contributed by atoms with Crippen molar-refractivity contribution in [2.45, 2.75) is 32.8 Å². The van der Waals surface area contributed by atoms with Crippen LogP contribution in [0.2, 0.25) is 0 Å². The molecule has 6 heteroatoms. The van der Waals surface area contributed by atoms with Gasteiger partial charge in [0.05, 0.1) is 11.0 Å². The van der Waals surface area contributed by atoms with Gasteiger partial charge in [0.15, 0.2) is 5.82 Å². The summed E-state index contributed by atoms with van der Waals surface area (Å²) in [6, 6.07) is 19.7. The molecule has 0 radical (unpaired) electrons. The molecule has 2 aromatic heterocycles. The van der Waals surface area contributed by atoms with Crippen molar-refractivity contribution in [3.63, 3.8) is 0 Å². The van der Waals surface area contributed by atoms with E-state index >= 15 is 0 Å². The minimum atomic E-state index is -0.159. The first-order valence-electron chi connectivity index (χ1n) is 11.0. The molecule has 0 saturated heterocycles. The van der Waals surface area contributed by atoms with Crippen molar-refractivity contribution in [3.8, 4) is 11.8 Å². The van der Waals surface area contributed by atoms with Gasteiger partial charge in [-0.25, -0.2) is 4.98 Å². The highest BCUT2D eigenvalue weighted by Gasteiger charge is 2.23. The largest absolute Gasteiger partial charge is 0.489 e. The van der Waals surface area contributed by atoms with Gasteiger partial charge < -0.3 is 9.72 Å². The Morgan fingerprint density at radius 1 is 1.24 bits per heavy atom. The molecule has 0 amide bonds. The SMILES string of the molecule is CC1CCc2c(sc3nc(C(C#N)=Cc4ccc(OCc5ccccc5)cc4)[nH]c(=O)c23)C1. The molecular formula is C27H23N3O2S. The van der Waals surface area contributed by atoms with Crippen molar-refractivity contribution in [3.05, 3.63) is 92.3 Å². The molecule has 5 rings (SSSR count). The fourth-order valence-electron chi connectivity index (χ4n) is 4.20. The average Bonchev–Trinajstić information content (AvgIpc) is 3.20. The minimum Gasteiger partial charge on any atom is -0.489 e. The third kappa shape index (κ3) is 4.46. The van der Waals surface area contributed by atoms with Gasteiger partial charge in [-0.05, 0) is 60.1 Å². The van der Waals surface area contributed by atoms with Crippen molar-refractivity contribution in [1.29, 1.82) is 5.26 Å². The number of nitrogens with one attached hydrogen (secondary N) is 1. The zero-order valence-electron chi connectivity index (χ0n) is 18.3. The number of hydrogen-bond acceptors (Lipinski definition) is 5. The molecule has 0 spiro atoms. The quantitative estimate of drug-likeness (QED) is 0.390. The summed E-state index contributed by atoms with van der Waals surface area (Å²) in [5, 5.41) is 10.5. The van der Waals surface area contributed by atoms with Crippen LogP contribution in [0.1, 0.15) is 40.7 Å². The van der Waals surface area contributed by atoms with E-state index in [1.54, 1.807) is 17.4 Å². The summed E-state index contributed by atoms with van der Waals surface area (Å²) in [7, 11) is 0. The van der Waals surface area contributed by atoms with E-state index in [1.165, 1.54) is 4.88 Å². The van der Waals surface area contributed by atoms with E-state index in [4.69, 9.17) is 4.74 Å². The molecule has 1 aliphatic carbocycles. The van der Waals surface area contributed by atoms with Crippen LogP contribution in [0.25, 0.3) is 21.9 Å². The number of thiophene rings is 1. The molecule has 0 saturated carbocycles. The highest BCUT2D eigenvalue weighted by Crippen LogP contribution is 2.36. The van der Waals surface area contributed by atoms with Gasteiger partial charge in [0.1, 0.15) is 23.3 Å². The number of nitriles is 1. The second kappa shape index (κ2) is 9.05. The molecule has 5 nitrogen and oxygen atoms in total. The molecule has 2 heterocycles. The Hall–Kier alpha value is -3.69. The van der Waals surface area contributed by atoms with Crippen LogP contribution in [-0.4, -0.2) is 9.97 Å². The number of allylic oxidation sites excluding steroid dienone is 1. The maximum Gasteiger partial charge on any atom is 0.260 e. The summed E-state index contributed by atoms with van der Waals surface area (Å²) < 4.78 is 5.83. The molecule has 2 aromatic carbocycles. The second-order valence-electron chi connectivity index (χ2n) is 8.46. The molecule has 0 bridgehead atoms. The topological polar surface area (TPSA) is 78.8 Å². The summed E-state index contributed by atoms with van der Waals surface area (Å²) in [4.78, 5) is 22.4. The van der Waals surface area contributed by atoms with Crippen molar-refractivity contribution >= 4 is 33.2 Å². The van der Waals surface area contributed by atoms with Gasteiger partial charge in [0, 0.05) is 4.88 Å². The number of fused-ring (bicyclic) bond motifs is 3. The van der Waals surface area contributed by atoms with E-state index < -0.39 is 0 Å². The normalized spacial score (nSPS) is 15.8. The first-order chi connectivity index (χ1) is 16.1. The van der Waals surface area contributed by atoms with Crippen molar-refractivity contribution in [1.82, 2.24) is 9.97 Å². The Kier molecular flexibility index (Phi) is 5.80. The molecule has 1 unspecified atom stereocenters. The van der Waals surface area contributed by atoms with Crippen LogP contribution in [0.5, 0.6) is 5.75 Å². The Balaban J connectivity index is 1.40. The average molecular weight is 454 g/mol. The minimum absolute atomic E-state index is 0.159. The highest BCUT2D eigenvalue weighted by atomic mass is 32.1. The number of benzene rings is 2. The van der Waals surface area contributed by atoms with Gasteiger partial charge in [-0.2, -0.15) is 5.26 Å². The van der Waals surface area contributed by atoms with Crippen LogP contribution in [-0.2, 0) is 19.4 Å². The van der Waals surface area contributed by atoms with Gasteiger partial charge >= 0.3 is 0 Å². The fourth-order valence-corrected chi connectivity index (χ4v) is 5.58. The Labute approximate surface area is 196 Å². The van der Waals surface area contributed by atoms with E-state index in [0.717, 1.165) is 46.5 Å². The predicted octanol–water partition coefficient (Wildman–Crippen LogP) is 5.75. The smallest absolute Gasteiger partial charge is 0.260 e. The van der Waals surface area contributed by atoms with Gasteiger partial charge in [0.2, 0.25) is 0 Å². The van der Waals surface area contributed by atoms with Gasteiger partial charge in [-0.15, -0.1) is 11.3 Å². The molecule has 33 heavy (non-hydrogen) atoms. The van der Waals surface area contributed by atoms with Crippen LogP contribution in [0, 0.1) is 17.2 Å². The monoisotopic (exact) mass is 453 g/mol. The van der Waals surface area contributed by atoms with Crippen LogP contribution in [0.4, 0.5) is 0 Å². The van der Waals surface area contributed by atoms with Crippen LogP contribution >= 0.6 is 11.3 Å². The molecule has 0 aliphatic heterocycles. The third-order valence-corrected chi connectivity index (χ3v) is 7.13. The Bertz CT molecular complexity index is 1430. The van der Waals surface area contributed by atoms with Crippen molar-refractivity contribution < 1.29 is 4.74 Å². The fraction of sp³-hybridized carbons (Fsp3) is 0.222. The molecule has 1 atom stereocenters. The molecule has 164 valence electrons. The number of rotatable bonds is 5. The van der Waals surface area contributed by atoms with Crippen LogP contribution in [0.3, 0.4) is 0 Å². The molecular weight excluding hydrogens is 430 g/mol. The predicted molar refractivity (Wildman–Crippen MR) is 132 cm³/mol. The van der Waals surface area contributed by atoms with E-state index in [0.29, 0.717) is 29.3 Å². The molecule has 4 aromatic rings. The summed E-state index contributed by atoms with van der Waals surface area (Å²) in [5.74, 6) is 1.69. The molecule has 0 fully saturated rings. The first-order valence-corrected chi connectivity index (χ1v) is 11.9. The van der Waals surface area contributed by atoms with Crippen LogP contribution in [0.15, 0.2) is 59.4 Å². The summed E-state index contributed by atoms with van der Waals surface area (Å²) in [6.07, 6.45) is 4.74. The number of nitrogens with zero attached hydrogens (tertiary/aromatic N) is 2. The van der Waals surface area contributed by atoms with Gasteiger partial charge in [0.25, 0.3) is 5.56 Å². The summed E-state index contributed by atoms with van der Waals surface area (Å²) >= 11 is 1.59. The lowest BCUT2D eigenvalue weighted by Crippen LogP contribution is -2.14. The zero-order chi connectivity index (χ0) is 22.8. The van der Waals surface area contributed by atoms with Crippen molar-refractivity contribution in [2.24, 2.45) is 5.92 Å². The number of aromatic amines is 1. The lowest BCUT2D eigenvalue weighted by atomic mass is 9.89. The Morgan fingerprint density at radius 3 is 2.79 bits per heavy atom. The number of aromatic nitrogens is 2. The standard InChI is InChI=1S/C27H23N3O2S/c1-17-7-12-22-23(13-17)33-27-24(22)26(31)29-25(30-27)20(15-28)14-18-8-10-21(11-9-18)32-16-19-5-3-2-4-6-19/h2-6,8-11,14,17H,7,12-13,16H2,1H3,(H,29,30,31). The van der Waals surface area contributed by atoms with E-state index in [2.05, 4.69) is 23.0 Å². The Morgan fingerprint density at radius 2 is 2.03 bits per heavy atom. The zero-order valence-corrected chi connectivity index (χ0v) is 19.1. The number of aryl methyl sites for hydroxylation is 1. The van der Waals surface area contributed by atoms with Gasteiger partial charge in [-0.1, -0.05) is 49.4 Å². The summed E-state index contributed by atoms with van der Waals surface area (Å²) in [5.41, 5.74) is 3.24. The first kappa shape index (κ1) is 21.2.